The number of rotatable bonds is 6. The Morgan fingerprint density at radius 2 is 1.36 bits per heavy atom. The van der Waals surface area contributed by atoms with Gasteiger partial charge in [0, 0.05) is 0 Å². The maximum atomic E-state index is 14.1. The van der Waals surface area contributed by atoms with Gasteiger partial charge < -0.3 is 4.74 Å². The largest absolute Gasteiger partial charge is 0.573 e. The molecule has 0 aromatic heterocycles. The van der Waals surface area contributed by atoms with Gasteiger partial charge in [0.2, 0.25) is 0 Å². The van der Waals surface area contributed by atoms with E-state index in [1.54, 1.807) is 0 Å². The fourth-order valence-electron chi connectivity index (χ4n) is 6.12. The van der Waals surface area contributed by atoms with Crippen molar-refractivity contribution in [1.82, 2.24) is 0 Å². The van der Waals surface area contributed by atoms with Gasteiger partial charge in [-0.05, 0) is 91.0 Å². The van der Waals surface area contributed by atoms with E-state index >= 15 is 0 Å². The quantitative estimate of drug-likeness (QED) is 0.389. The second-order valence-corrected chi connectivity index (χ2v) is 10.00. The van der Waals surface area contributed by atoms with Gasteiger partial charge in [0.1, 0.15) is 0 Å². The fraction of sp³-hybridized carbons (Fsp3) is 0.571. The molecule has 0 saturated heterocycles. The van der Waals surface area contributed by atoms with Crippen molar-refractivity contribution >= 4 is 0 Å². The molecule has 5 heteroatoms. The third kappa shape index (κ3) is 6.30. The lowest BCUT2D eigenvalue weighted by atomic mass is 9.68. The average molecular weight is 463 g/mol. The summed E-state index contributed by atoms with van der Waals surface area (Å²) < 4.78 is 54.8. The highest BCUT2D eigenvalue weighted by Crippen LogP contribution is 2.44. The van der Waals surface area contributed by atoms with Crippen LogP contribution in [0.1, 0.15) is 82.6 Å². The highest BCUT2D eigenvalue weighted by atomic mass is 19.4. The molecule has 2 aromatic rings. The van der Waals surface area contributed by atoms with Crippen LogP contribution in [0.2, 0.25) is 0 Å². The van der Waals surface area contributed by atoms with E-state index in [0.29, 0.717) is 11.5 Å². The minimum Gasteiger partial charge on any atom is -0.403 e. The Morgan fingerprint density at radius 3 is 1.91 bits per heavy atom. The van der Waals surface area contributed by atoms with Crippen molar-refractivity contribution in [2.24, 2.45) is 17.8 Å². The van der Waals surface area contributed by atoms with Crippen molar-refractivity contribution in [2.75, 3.05) is 0 Å². The van der Waals surface area contributed by atoms with Gasteiger partial charge in [-0.15, -0.1) is 13.2 Å². The van der Waals surface area contributed by atoms with Crippen molar-refractivity contribution in [3.05, 3.63) is 53.8 Å². The van der Waals surface area contributed by atoms with Crippen LogP contribution >= 0.6 is 0 Å². The van der Waals surface area contributed by atoms with Crippen LogP contribution in [-0.2, 0) is 0 Å². The highest BCUT2D eigenvalue weighted by Gasteiger charge is 2.33. The second-order valence-electron chi connectivity index (χ2n) is 10.00. The van der Waals surface area contributed by atoms with Crippen molar-refractivity contribution < 1.29 is 22.3 Å². The highest BCUT2D eigenvalue weighted by molar-refractivity contribution is 5.64. The lowest BCUT2D eigenvalue weighted by Gasteiger charge is -2.38. The molecule has 2 saturated carbocycles. The Kier molecular flexibility index (Phi) is 7.65. The molecule has 2 fully saturated rings. The maximum Gasteiger partial charge on any atom is 0.573 e. The first-order valence-corrected chi connectivity index (χ1v) is 12.5. The molecular weight excluding hydrogens is 428 g/mol. The van der Waals surface area contributed by atoms with E-state index in [-0.39, 0.29) is 0 Å². The van der Waals surface area contributed by atoms with Crippen LogP contribution in [0.25, 0.3) is 11.1 Å². The molecule has 33 heavy (non-hydrogen) atoms. The Labute approximate surface area is 194 Å². The van der Waals surface area contributed by atoms with E-state index in [0.717, 1.165) is 35.4 Å². The monoisotopic (exact) mass is 462 g/mol. The van der Waals surface area contributed by atoms with Gasteiger partial charge in [-0.3, -0.25) is 0 Å². The van der Waals surface area contributed by atoms with Crippen LogP contribution in [-0.4, -0.2) is 6.36 Å². The number of ether oxygens (including phenoxy) is 1. The standard InChI is InChI=1S/C28H34F4O/c1-2-3-19-4-6-20(7-5-19)21-8-10-22(11-9-21)23-12-14-24(15-13-23)25-16-17-27(26(29)18-25)33-28(30,31)32/h12-22H,2-11H2,1H3. The zero-order valence-electron chi connectivity index (χ0n) is 19.3. The van der Waals surface area contributed by atoms with Crippen LogP contribution in [0, 0.1) is 23.6 Å². The average Bonchev–Trinajstić information content (AvgIpc) is 2.81. The predicted octanol–water partition coefficient (Wildman–Crippen LogP) is 9.27. The number of halogens is 4. The summed E-state index contributed by atoms with van der Waals surface area (Å²) in [5, 5.41) is 0. The molecule has 0 aliphatic heterocycles. The fourth-order valence-corrected chi connectivity index (χ4v) is 6.12. The van der Waals surface area contributed by atoms with Gasteiger partial charge in [-0.25, -0.2) is 4.39 Å². The number of hydrogen-bond donors (Lipinski definition) is 0. The van der Waals surface area contributed by atoms with E-state index in [2.05, 4.69) is 23.8 Å². The van der Waals surface area contributed by atoms with E-state index in [1.807, 2.05) is 12.1 Å². The summed E-state index contributed by atoms with van der Waals surface area (Å²) in [5.74, 6) is 1.49. The number of alkyl halides is 3. The summed E-state index contributed by atoms with van der Waals surface area (Å²) >= 11 is 0. The Balaban J connectivity index is 1.32. The molecule has 4 rings (SSSR count). The van der Waals surface area contributed by atoms with Gasteiger partial charge in [-0.1, -0.05) is 62.9 Å². The second kappa shape index (κ2) is 10.5. The van der Waals surface area contributed by atoms with Gasteiger partial charge in [-0.2, -0.15) is 0 Å². The van der Waals surface area contributed by atoms with Crippen molar-refractivity contribution in [2.45, 2.75) is 83.4 Å². The summed E-state index contributed by atoms with van der Waals surface area (Å²) in [6, 6.07) is 11.6. The van der Waals surface area contributed by atoms with Crippen molar-refractivity contribution in [3.63, 3.8) is 0 Å². The number of hydrogen-bond acceptors (Lipinski definition) is 1. The molecule has 0 spiro atoms. The van der Waals surface area contributed by atoms with Crippen LogP contribution in [0.4, 0.5) is 17.6 Å². The summed E-state index contributed by atoms with van der Waals surface area (Å²) in [6.45, 7) is 2.29. The first kappa shape index (κ1) is 24.1. The van der Waals surface area contributed by atoms with Crippen molar-refractivity contribution in [3.8, 4) is 16.9 Å². The van der Waals surface area contributed by atoms with Gasteiger partial charge in [0.05, 0.1) is 0 Å². The zero-order chi connectivity index (χ0) is 23.4. The number of benzene rings is 2. The molecule has 2 aliphatic rings. The van der Waals surface area contributed by atoms with Gasteiger partial charge >= 0.3 is 6.36 Å². The summed E-state index contributed by atoms with van der Waals surface area (Å²) in [6.07, 6.45) is 8.53. The molecule has 0 amide bonds. The van der Waals surface area contributed by atoms with Crippen LogP contribution < -0.4 is 4.74 Å². The molecule has 0 N–H and O–H groups in total. The third-order valence-electron chi connectivity index (χ3n) is 7.90. The summed E-state index contributed by atoms with van der Waals surface area (Å²) in [7, 11) is 0. The molecule has 1 nitrogen and oxygen atoms in total. The lowest BCUT2D eigenvalue weighted by molar-refractivity contribution is -0.275. The molecule has 0 atom stereocenters. The first-order valence-electron chi connectivity index (χ1n) is 12.5. The van der Waals surface area contributed by atoms with E-state index in [1.165, 1.54) is 75.8 Å². The van der Waals surface area contributed by atoms with Crippen molar-refractivity contribution in [1.29, 1.82) is 0 Å². The van der Waals surface area contributed by atoms with Crippen LogP contribution in [0.3, 0.4) is 0 Å². The summed E-state index contributed by atoms with van der Waals surface area (Å²) in [5.41, 5.74) is 2.63. The minimum absolute atomic E-state index is 0.538. The van der Waals surface area contributed by atoms with Gasteiger partial charge in [0.15, 0.2) is 11.6 Å². The van der Waals surface area contributed by atoms with Crippen LogP contribution in [0.15, 0.2) is 42.5 Å². The molecule has 0 unspecified atom stereocenters. The minimum atomic E-state index is -4.91. The van der Waals surface area contributed by atoms with E-state index in [4.69, 9.17) is 0 Å². The smallest absolute Gasteiger partial charge is 0.403 e. The zero-order valence-corrected chi connectivity index (χ0v) is 19.3. The van der Waals surface area contributed by atoms with E-state index in [9.17, 15) is 17.6 Å². The maximum absolute atomic E-state index is 14.1. The molecule has 2 aromatic carbocycles. The normalized spacial score (nSPS) is 26.2. The Bertz CT molecular complexity index is 889. The molecule has 2 aliphatic carbocycles. The molecule has 180 valence electrons. The molecule has 0 bridgehead atoms. The summed E-state index contributed by atoms with van der Waals surface area (Å²) in [4.78, 5) is 0. The SMILES string of the molecule is CCCC1CCC(C2CCC(c3ccc(-c4ccc(OC(F)(F)F)c(F)c4)cc3)CC2)CC1. The predicted molar refractivity (Wildman–Crippen MR) is 124 cm³/mol. The Hall–Kier alpha value is -2.04. The Morgan fingerprint density at radius 1 is 0.788 bits per heavy atom. The lowest BCUT2D eigenvalue weighted by Crippen LogP contribution is -2.25. The van der Waals surface area contributed by atoms with E-state index < -0.39 is 17.9 Å². The molecular formula is C28H34F4O. The van der Waals surface area contributed by atoms with Gasteiger partial charge in [0.25, 0.3) is 0 Å². The molecule has 0 radical (unpaired) electrons. The topological polar surface area (TPSA) is 9.23 Å². The molecule has 0 heterocycles. The third-order valence-corrected chi connectivity index (χ3v) is 7.90. The first-order chi connectivity index (χ1) is 15.8. The van der Waals surface area contributed by atoms with Crippen LogP contribution in [0.5, 0.6) is 5.75 Å².